The molecule has 2 aromatic rings. The molecule has 4 nitrogen and oxygen atoms in total. The maximum atomic E-state index is 8.38. The van der Waals surface area contributed by atoms with E-state index in [0.717, 1.165) is 24.2 Å². The quantitative estimate of drug-likeness (QED) is 0.465. The van der Waals surface area contributed by atoms with Gasteiger partial charge in [0, 0.05) is 18.1 Å². The molecule has 0 amide bonds. The number of hydrogen-bond acceptors (Lipinski definition) is 3. The fraction of sp³-hybridized carbons (Fsp3) is 0.167. The molecule has 0 saturated carbocycles. The van der Waals surface area contributed by atoms with Crippen LogP contribution in [0.25, 0.3) is 0 Å². The number of pyridine rings is 1. The third-order valence-electron chi connectivity index (χ3n) is 2.37. The van der Waals surface area contributed by atoms with Crippen LogP contribution in [0, 0.1) is 0 Å². The first-order valence-electron chi connectivity index (χ1n) is 5.13. The summed E-state index contributed by atoms with van der Waals surface area (Å²) in [6.45, 7) is 0. The Hall–Kier alpha value is -2.10. The summed E-state index contributed by atoms with van der Waals surface area (Å²) in [7, 11) is 0. The van der Waals surface area contributed by atoms with Crippen LogP contribution < -0.4 is 0 Å². The van der Waals surface area contributed by atoms with Crippen molar-refractivity contribution in [2.75, 3.05) is 0 Å². The van der Waals surface area contributed by atoms with Crippen molar-refractivity contribution in [1.29, 1.82) is 0 Å². The van der Waals surface area contributed by atoms with Crippen LogP contribution in [0.3, 0.4) is 0 Å². The van der Waals surface area contributed by atoms with E-state index in [1.54, 1.807) is 6.20 Å². The van der Waals surface area contributed by atoms with Crippen LogP contribution in [0.2, 0.25) is 0 Å². The summed E-state index contributed by atoms with van der Waals surface area (Å²) in [6, 6.07) is 7.88. The number of rotatable bonds is 4. The van der Waals surface area contributed by atoms with E-state index in [4.69, 9.17) is 5.21 Å². The summed E-state index contributed by atoms with van der Waals surface area (Å²) in [5, 5.41) is 11.3. The van der Waals surface area contributed by atoms with E-state index in [1.165, 1.54) is 11.8 Å². The molecule has 2 heterocycles. The standard InChI is InChI=1S/C12H13N3O/c16-14-9-12-6-5-11(15-12)4-3-10-2-1-7-13-8-10/h1-2,5-9,15-16H,3-4H2/b14-9-. The van der Waals surface area contributed by atoms with Crippen molar-refractivity contribution >= 4 is 6.21 Å². The van der Waals surface area contributed by atoms with E-state index < -0.39 is 0 Å². The van der Waals surface area contributed by atoms with Crippen LogP contribution in [0.15, 0.2) is 41.8 Å². The highest BCUT2D eigenvalue weighted by atomic mass is 16.4. The number of nitrogens with one attached hydrogen (secondary N) is 1. The highest BCUT2D eigenvalue weighted by Crippen LogP contribution is 2.05. The first-order valence-corrected chi connectivity index (χ1v) is 5.13. The van der Waals surface area contributed by atoms with Gasteiger partial charge in [-0.15, -0.1) is 0 Å². The van der Waals surface area contributed by atoms with Crippen LogP contribution in [0.1, 0.15) is 17.0 Å². The molecule has 16 heavy (non-hydrogen) atoms. The maximum Gasteiger partial charge on any atom is 0.0896 e. The lowest BCUT2D eigenvalue weighted by Gasteiger charge is -1.98. The molecule has 0 fully saturated rings. The zero-order chi connectivity index (χ0) is 11.2. The lowest BCUT2D eigenvalue weighted by molar-refractivity contribution is 0.321. The second-order valence-corrected chi connectivity index (χ2v) is 3.54. The summed E-state index contributed by atoms with van der Waals surface area (Å²) in [4.78, 5) is 7.22. The molecule has 0 aliphatic heterocycles. The van der Waals surface area contributed by atoms with Gasteiger partial charge in [-0.2, -0.15) is 0 Å². The third-order valence-corrected chi connectivity index (χ3v) is 2.37. The van der Waals surface area contributed by atoms with Crippen LogP contribution in [0.5, 0.6) is 0 Å². The molecule has 0 aliphatic carbocycles. The molecule has 0 unspecified atom stereocenters. The van der Waals surface area contributed by atoms with Crippen molar-refractivity contribution in [2.24, 2.45) is 5.16 Å². The summed E-state index contributed by atoms with van der Waals surface area (Å²) < 4.78 is 0. The normalized spacial score (nSPS) is 11.0. The van der Waals surface area contributed by atoms with Crippen LogP contribution in [-0.4, -0.2) is 21.4 Å². The molecule has 0 aromatic carbocycles. The van der Waals surface area contributed by atoms with Gasteiger partial charge < -0.3 is 10.2 Å². The fourth-order valence-corrected chi connectivity index (χ4v) is 1.57. The fourth-order valence-electron chi connectivity index (χ4n) is 1.57. The van der Waals surface area contributed by atoms with Crippen molar-refractivity contribution in [3.05, 3.63) is 53.6 Å². The Morgan fingerprint density at radius 2 is 2.25 bits per heavy atom. The SMILES string of the molecule is O/N=C\c1ccc(CCc2cccnc2)[nH]1. The van der Waals surface area contributed by atoms with Gasteiger partial charge in [0.1, 0.15) is 0 Å². The topological polar surface area (TPSA) is 61.3 Å². The van der Waals surface area contributed by atoms with Gasteiger partial charge in [0.15, 0.2) is 0 Å². The number of hydrogen-bond donors (Lipinski definition) is 2. The molecular formula is C12H13N3O. The Kier molecular flexibility index (Phi) is 3.33. The third kappa shape index (κ3) is 2.70. The van der Waals surface area contributed by atoms with Gasteiger partial charge in [-0.3, -0.25) is 4.98 Å². The molecule has 2 N–H and O–H groups in total. The van der Waals surface area contributed by atoms with Crippen LogP contribution >= 0.6 is 0 Å². The summed E-state index contributed by atoms with van der Waals surface area (Å²) in [5.74, 6) is 0. The Bertz CT molecular complexity index is 462. The highest BCUT2D eigenvalue weighted by molar-refractivity contribution is 5.76. The summed E-state index contributed by atoms with van der Waals surface area (Å²) >= 11 is 0. The van der Waals surface area contributed by atoms with Gasteiger partial charge in [-0.1, -0.05) is 11.2 Å². The molecule has 0 bridgehead atoms. The van der Waals surface area contributed by atoms with E-state index in [0.29, 0.717) is 0 Å². The van der Waals surface area contributed by atoms with Gasteiger partial charge in [0.2, 0.25) is 0 Å². The predicted molar refractivity (Wildman–Crippen MR) is 61.8 cm³/mol. The second-order valence-electron chi connectivity index (χ2n) is 3.54. The first kappa shape index (κ1) is 10.4. The number of aromatic amines is 1. The molecule has 2 rings (SSSR count). The average molecular weight is 215 g/mol. The minimum atomic E-state index is 0.809. The van der Waals surface area contributed by atoms with Crippen molar-refractivity contribution in [1.82, 2.24) is 9.97 Å². The Morgan fingerprint density at radius 3 is 3.00 bits per heavy atom. The molecule has 0 saturated heterocycles. The summed E-state index contributed by atoms with van der Waals surface area (Å²) in [6.07, 6.45) is 6.90. The molecule has 0 radical (unpaired) electrons. The molecule has 4 heteroatoms. The molecule has 0 spiro atoms. The first-order chi connectivity index (χ1) is 7.88. The van der Waals surface area contributed by atoms with E-state index in [-0.39, 0.29) is 0 Å². The largest absolute Gasteiger partial charge is 0.411 e. The monoisotopic (exact) mass is 215 g/mol. The highest BCUT2D eigenvalue weighted by Gasteiger charge is 1.98. The van der Waals surface area contributed by atoms with E-state index in [9.17, 15) is 0 Å². The van der Waals surface area contributed by atoms with E-state index in [2.05, 4.69) is 21.2 Å². The van der Waals surface area contributed by atoms with Crippen LogP contribution in [-0.2, 0) is 12.8 Å². The van der Waals surface area contributed by atoms with Crippen molar-refractivity contribution in [3.8, 4) is 0 Å². The van der Waals surface area contributed by atoms with E-state index in [1.807, 2.05) is 24.4 Å². The van der Waals surface area contributed by atoms with Gasteiger partial charge in [0.25, 0.3) is 0 Å². The van der Waals surface area contributed by atoms with Crippen molar-refractivity contribution in [3.63, 3.8) is 0 Å². The molecular weight excluding hydrogens is 202 g/mol. The zero-order valence-electron chi connectivity index (χ0n) is 8.80. The average Bonchev–Trinajstić information content (AvgIpc) is 2.76. The lowest BCUT2D eigenvalue weighted by atomic mass is 10.1. The second kappa shape index (κ2) is 5.11. The number of H-pyrrole nitrogens is 1. The van der Waals surface area contributed by atoms with Gasteiger partial charge in [0.05, 0.1) is 11.9 Å². The minimum Gasteiger partial charge on any atom is -0.411 e. The van der Waals surface area contributed by atoms with Gasteiger partial charge in [-0.25, -0.2) is 0 Å². The van der Waals surface area contributed by atoms with Crippen molar-refractivity contribution < 1.29 is 5.21 Å². The Balaban J connectivity index is 1.94. The number of aryl methyl sites for hydroxylation is 2. The maximum absolute atomic E-state index is 8.38. The number of aromatic nitrogens is 2. The van der Waals surface area contributed by atoms with Crippen molar-refractivity contribution in [2.45, 2.75) is 12.8 Å². The Morgan fingerprint density at radius 1 is 1.31 bits per heavy atom. The molecule has 2 aromatic heterocycles. The molecule has 0 aliphatic rings. The number of oxime groups is 1. The smallest absolute Gasteiger partial charge is 0.0896 e. The van der Waals surface area contributed by atoms with Gasteiger partial charge in [-0.05, 0) is 36.6 Å². The zero-order valence-corrected chi connectivity index (χ0v) is 8.80. The van der Waals surface area contributed by atoms with E-state index >= 15 is 0 Å². The Labute approximate surface area is 93.7 Å². The summed E-state index contributed by atoms with van der Waals surface area (Å²) in [5.41, 5.74) is 3.15. The lowest BCUT2D eigenvalue weighted by Crippen LogP contribution is -1.92. The predicted octanol–water partition coefficient (Wildman–Crippen LogP) is 2.00. The minimum absolute atomic E-state index is 0.809. The van der Waals surface area contributed by atoms with Crippen LogP contribution in [0.4, 0.5) is 0 Å². The van der Waals surface area contributed by atoms with Gasteiger partial charge >= 0.3 is 0 Å². The molecule has 0 atom stereocenters. The molecule has 82 valence electrons. The number of nitrogens with zero attached hydrogens (tertiary/aromatic N) is 2.